The summed E-state index contributed by atoms with van der Waals surface area (Å²) in [6.45, 7) is 8.13. The van der Waals surface area contributed by atoms with Crippen molar-refractivity contribution in [3.63, 3.8) is 0 Å². The van der Waals surface area contributed by atoms with E-state index in [9.17, 15) is 4.79 Å². The van der Waals surface area contributed by atoms with Crippen LogP contribution in [0.3, 0.4) is 0 Å². The smallest absolute Gasteiger partial charge is 0.229 e. The molecule has 0 bridgehead atoms. The maximum absolute atomic E-state index is 12.0. The molecule has 2 N–H and O–H groups in total. The highest BCUT2D eigenvalue weighted by atomic mass is 16.5. The number of nitrogens with two attached hydrogens (primary N) is 1. The molecular weight excluding hydrogens is 192 g/mol. The predicted molar refractivity (Wildman–Crippen MR) is 61.6 cm³/mol. The van der Waals surface area contributed by atoms with E-state index in [1.54, 1.807) is 11.9 Å². The van der Waals surface area contributed by atoms with Gasteiger partial charge in [-0.05, 0) is 20.3 Å². The first-order chi connectivity index (χ1) is 7.01. The van der Waals surface area contributed by atoms with Crippen molar-refractivity contribution in [2.24, 2.45) is 11.1 Å². The largest absolute Gasteiger partial charge is 0.380 e. The Morgan fingerprint density at radius 2 is 2.07 bits per heavy atom. The van der Waals surface area contributed by atoms with Gasteiger partial charge in [0.05, 0.1) is 12.0 Å². The molecule has 0 fully saturated rings. The second-order valence-electron chi connectivity index (χ2n) is 4.04. The van der Waals surface area contributed by atoms with Crippen LogP contribution in [0.4, 0.5) is 0 Å². The second kappa shape index (κ2) is 6.80. The molecule has 0 rings (SSSR count). The minimum Gasteiger partial charge on any atom is -0.380 e. The van der Waals surface area contributed by atoms with Crippen LogP contribution in [0.2, 0.25) is 0 Å². The average Bonchev–Trinajstić information content (AvgIpc) is 2.27. The highest BCUT2D eigenvalue weighted by Crippen LogP contribution is 2.21. The van der Waals surface area contributed by atoms with E-state index in [0.717, 1.165) is 6.42 Å². The zero-order chi connectivity index (χ0) is 11.9. The van der Waals surface area contributed by atoms with Gasteiger partial charge in [0.25, 0.3) is 0 Å². The molecule has 0 aromatic rings. The number of hydrogen-bond donors (Lipinski definition) is 1. The fourth-order valence-electron chi connectivity index (χ4n) is 1.29. The Bertz CT molecular complexity index is 191. The molecule has 0 spiro atoms. The van der Waals surface area contributed by atoms with Gasteiger partial charge in [-0.25, -0.2) is 0 Å². The lowest BCUT2D eigenvalue weighted by molar-refractivity contribution is -0.140. The number of amides is 1. The van der Waals surface area contributed by atoms with E-state index in [1.165, 1.54) is 0 Å². The van der Waals surface area contributed by atoms with Gasteiger partial charge < -0.3 is 15.4 Å². The van der Waals surface area contributed by atoms with E-state index in [1.807, 2.05) is 20.8 Å². The molecule has 0 aliphatic carbocycles. The summed E-state index contributed by atoms with van der Waals surface area (Å²) in [5.41, 5.74) is 5.20. The topological polar surface area (TPSA) is 55.6 Å². The van der Waals surface area contributed by atoms with E-state index in [0.29, 0.717) is 26.3 Å². The maximum Gasteiger partial charge on any atom is 0.229 e. The highest BCUT2D eigenvalue weighted by Gasteiger charge is 2.31. The van der Waals surface area contributed by atoms with Crippen molar-refractivity contribution in [1.82, 2.24) is 4.90 Å². The Morgan fingerprint density at radius 3 is 2.47 bits per heavy atom. The summed E-state index contributed by atoms with van der Waals surface area (Å²) in [6.07, 6.45) is 0.765. The molecule has 1 unspecified atom stereocenters. The molecule has 90 valence electrons. The molecule has 1 atom stereocenters. The van der Waals surface area contributed by atoms with Crippen molar-refractivity contribution >= 4 is 5.91 Å². The van der Waals surface area contributed by atoms with E-state index in [4.69, 9.17) is 10.5 Å². The Morgan fingerprint density at radius 1 is 1.47 bits per heavy atom. The minimum absolute atomic E-state index is 0.104. The van der Waals surface area contributed by atoms with E-state index in [2.05, 4.69) is 0 Å². The van der Waals surface area contributed by atoms with Crippen molar-refractivity contribution in [3.8, 4) is 0 Å². The molecule has 0 aromatic carbocycles. The van der Waals surface area contributed by atoms with Gasteiger partial charge in [-0.3, -0.25) is 4.79 Å². The van der Waals surface area contributed by atoms with Crippen LogP contribution >= 0.6 is 0 Å². The summed E-state index contributed by atoms with van der Waals surface area (Å²) < 4.78 is 5.21. The number of rotatable bonds is 7. The van der Waals surface area contributed by atoms with Gasteiger partial charge in [-0.2, -0.15) is 0 Å². The van der Waals surface area contributed by atoms with Crippen LogP contribution < -0.4 is 5.73 Å². The summed E-state index contributed by atoms with van der Waals surface area (Å²) in [4.78, 5) is 13.7. The Labute approximate surface area is 92.8 Å². The van der Waals surface area contributed by atoms with Crippen molar-refractivity contribution in [2.75, 3.05) is 33.4 Å². The third-order valence-corrected chi connectivity index (χ3v) is 2.87. The molecule has 4 nitrogen and oxygen atoms in total. The lowest BCUT2D eigenvalue weighted by Crippen LogP contribution is -2.45. The van der Waals surface area contributed by atoms with Gasteiger partial charge in [-0.1, -0.05) is 6.92 Å². The molecule has 4 heteroatoms. The van der Waals surface area contributed by atoms with Crippen LogP contribution in [0.25, 0.3) is 0 Å². The fourth-order valence-corrected chi connectivity index (χ4v) is 1.29. The third kappa shape index (κ3) is 4.18. The van der Waals surface area contributed by atoms with Crippen molar-refractivity contribution in [3.05, 3.63) is 0 Å². The second-order valence-corrected chi connectivity index (χ2v) is 4.04. The first-order valence-electron chi connectivity index (χ1n) is 5.55. The Balaban J connectivity index is 4.17. The van der Waals surface area contributed by atoms with Crippen LogP contribution in [0.15, 0.2) is 0 Å². The third-order valence-electron chi connectivity index (χ3n) is 2.87. The van der Waals surface area contributed by atoms with Crippen LogP contribution in [0.1, 0.15) is 27.2 Å². The Kier molecular flexibility index (Phi) is 6.52. The molecular formula is C11H24N2O2. The molecule has 0 aromatic heterocycles. The van der Waals surface area contributed by atoms with Crippen LogP contribution in [-0.4, -0.2) is 44.2 Å². The van der Waals surface area contributed by atoms with Gasteiger partial charge in [0.1, 0.15) is 0 Å². The number of ether oxygens (including phenoxy) is 1. The fraction of sp³-hybridized carbons (Fsp3) is 0.909. The Hall–Kier alpha value is -0.610. The predicted octanol–water partition coefficient (Wildman–Crippen LogP) is 0.856. The maximum atomic E-state index is 12.0. The number of nitrogens with zero attached hydrogens (tertiary/aromatic N) is 1. The van der Waals surface area contributed by atoms with Gasteiger partial charge >= 0.3 is 0 Å². The van der Waals surface area contributed by atoms with Crippen molar-refractivity contribution in [1.29, 1.82) is 0 Å². The number of carbonyl (C=O) groups excluding carboxylic acids is 1. The number of carbonyl (C=O) groups is 1. The van der Waals surface area contributed by atoms with Gasteiger partial charge in [0.2, 0.25) is 5.91 Å². The first-order valence-corrected chi connectivity index (χ1v) is 5.55. The van der Waals surface area contributed by atoms with Crippen molar-refractivity contribution in [2.45, 2.75) is 27.2 Å². The molecule has 0 saturated carbocycles. The molecule has 0 saturated heterocycles. The normalized spacial score (nSPS) is 14.7. The van der Waals surface area contributed by atoms with Crippen molar-refractivity contribution < 1.29 is 9.53 Å². The monoisotopic (exact) mass is 216 g/mol. The average molecular weight is 216 g/mol. The van der Waals surface area contributed by atoms with Crippen LogP contribution in [0, 0.1) is 5.41 Å². The van der Waals surface area contributed by atoms with E-state index in [-0.39, 0.29) is 5.91 Å². The van der Waals surface area contributed by atoms with Gasteiger partial charge in [0, 0.05) is 26.7 Å². The number of likely N-dealkylation sites (N-methyl/N-ethyl adjacent to an activating group) is 1. The van der Waals surface area contributed by atoms with Crippen LogP contribution in [-0.2, 0) is 9.53 Å². The summed E-state index contributed by atoms with van der Waals surface area (Å²) in [5, 5.41) is 0. The lowest BCUT2D eigenvalue weighted by Gasteiger charge is -2.30. The van der Waals surface area contributed by atoms with Crippen LogP contribution in [0.5, 0.6) is 0 Å². The molecule has 0 aliphatic rings. The number of hydrogen-bond acceptors (Lipinski definition) is 3. The van der Waals surface area contributed by atoms with E-state index >= 15 is 0 Å². The standard InChI is InChI=1S/C11H24N2O2/c1-5-11(3,9-12)10(14)13(4)7-8-15-6-2/h5-9,12H2,1-4H3. The molecule has 0 aliphatic heterocycles. The molecule has 1 amide bonds. The van der Waals surface area contributed by atoms with Gasteiger partial charge in [0.15, 0.2) is 0 Å². The molecule has 0 heterocycles. The first kappa shape index (κ1) is 14.4. The highest BCUT2D eigenvalue weighted by molar-refractivity contribution is 5.82. The van der Waals surface area contributed by atoms with E-state index < -0.39 is 5.41 Å². The molecule has 0 radical (unpaired) electrons. The summed E-state index contributed by atoms with van der Waals surface area (Å²) >= 11 is 0. The summed E-state index contributed by atoms with van der Waals surface area (Å²) in [7, 11) is 1.80. The zero-order valence-electron chi connectivity index (χ0n) is 10.4. The SMILES string of the molecule is CCOCCN(C)C(=O)C(C)(CC)CN. The summed E-state index contributed by atoms with van der Waals surface area (Å²) in [6, 6.07) is 0. The van der Waals surface area contributed by atoms with Gasteiger partial charge in [-0.15, -0.1) is 0 Å². The summed E-state index contributed by atoms with van der Waals surface area (Å²) in [5.74, 6) is 0.104. The zero-order valence-corrected chi connectivity index (χ0v) is 10.4. The minimum atomic E-state index is -0.430. The molecule has 15 heavy (non-hydrogen) atoms. The lowest BCUT2D eigenvalue weighted by atomic mass is 9.86. The quantitative estimate of drug-likeness (QED) is 0.642.